The number of anilines is 1. The van der Waals surface area contributed by atoms with E-state index in [1.807, 2.05) is 61.5 Å². The third-order valence-electron chi connectivity index (χ3n) is 4.71. The number of carbonyl (C=O) groups excluding carboxylic acids is 2. The van der Waals surface area contributed by atoms with Crippen LogP contribution in [0.4, 0.5) is 5.13 Å². The lowest BCUT2D eigenvalue weighted by atomic mass is 10.1. The first-order valence-corrected chi connectivity index (χ1v) is 11.0. The highest BCUT2D eigenvalue weighted by Gasteiger charge is 2.20. The van der Waals surface area contributed by atoms with Gasteiger partial charge in [-0.15, -0.1) is 11.3 Å². The topological polar surface area (TPSA) is 86.1 Å². The van der Waals surface area contributed by atoms with Gasteiger partial charge in [0.2, 0.25) is 0 Å². The molecule has 0 aliphatic carbocycles. The van der Waals surface area contributed by atoms with Crippen molar-refractivity contribution in [3.05, 3.63) is 83.0 Å². The number of aromatic nitrogens is 3. The van der Waals surface area contributed by atoms with E-state index in [4.69, 9.17) is 4.74 Å². The maximum absolute atomic E-state index is 13.2. The van der Waals surface area contributed by atoms with Crippen molar-refractivity contribution in [2.45, 2.75) is 20.3 Å². The van der Waals surface area contributed by atoms with Crippen LogP contribution in [0.5, 0.6) is 0 Å². The van der Waals surface area contributed by atoms with Crippen LogP contribution in [-0.4, -0.2) is 33.2 Å². The molecule has 1 amide bonds. The van der Waals surface area contributed by atoms with E-state index in [1.165, 1.54) is 11.3 Å². The van der Waals surface area contributed by atoms with Gasteiger partial charge in [0, 0.05) is 17.1 Å². The Morgan fingerprint density at radius 1 is 1.09 bits per heavy atom. The number of rotatable bonds is 7. The molecule has 2 aromatic carbocycles. The fourth-order valence-electron chi connectivity index (χ4n) is 3.15. The normalized spacial score (nSPS) is 10.7. The molecule has 1 N–H and O–H groups in total. The number of nitrogens with one attached hydrogen (secondary N) is 1. The summed E-state index contributed by atoms with van der Waals surface area (Å²) in [5.41, 5.74) is 4.40. The number of carbonyl (C=O) groups is 2. The first kappa shape index (κ1) is 21.5. The van der Waals surface area contributed by atoms with Gasteiger partial charge in [0.1, 0.15) is 5.69 Å². The average Bonchev–Trinajstić information content (AvgIpc) is 3.42. The number of nitrogens with zero attached hydrogens (tertiary/aromatic N) is 3. The highest BCUT2D eigenvalue weighted by molar-refractivity contribution is 7.14. The summed E-state index contributed by atoms with van der Waals surface area (Å²) >= 11 is 1.26. The van der Waals surface area contributed by atoms with E-state index in [2.05, 4.69) is 15.4 Å². The predicted octanol–water partition coefficient (Wildman–Crippen LogP) is 4.66. The number of amides is 1. The number of ether oxygens (including phenoxy) is 1. The standard InChI is InChI=1S/C24H22N4O3S/c1-3-31-21(29)13-18-15-32-24(25-18)26-23(30)20-14-28(19-11-9-16(2)10-12-19)27-22(20)17-7-5-4-6-8-17/h4-12,14-15H,3,13H2,1-2H3,(H,25,26,30). The quantitative estimate of drug-likeness (QED) is 0.417. The minimum absolute atomic E-state index is 0.0703. The number of aryl methyl sites for hydroxylation is 1. The van der Waals surface area contributed by atoms with Crippen molar-refractivity contribution >= 4 is 28.3 Å². The van der Waals surface area contributed by atoms with Gasteiger partial charge in [0.25, 0.3) is 5.91 Å². The van der Waals surface area contributed by atoms with Gasteiger partial charge in [0.05, 0.1) is 30.0 Å². The highest BCUT2D eigenvalue weighted by Crippen LogP contribution is 2.25. The van der Waals surface area contributed by atoms with Crippen LogP contribution < -0.4 is 5.32 Å². The van der Waals surface area contributed by atoms with Crippen LogP contribution in [0.3, 0.4) is 0 Å². The summed E-state index contributed by atoms with van der Waals surface area (Å²) < 4.78 is 6.65. The molecular formula is C24H22N4O3S. The SMILES string of the molecule is CCOC(=O)Cc1csc(NC(=O)c2cn(-c3ccc(C)cc3)nc2-c2ccccc2)n1. The lowest BCUT2D eigenvalue weighted by Crippen LogP contribution is -2.12. The molecule has 0 aliphatic rings. The summed E-state index contributed by atoms with van der Waals surface area (Å²) in [5.74, 6) is -0.666. The largest absolute Gasteiger partial charge is 0.466 e. The molecule has 7 nitrogen and oxygen atoms in total. The summed E-state index contributed by atoms with van der Waals surface area (Å²) in [4.78, 5) is 29.2. The molecule has 2 heterocycles. The summed E-state index contributed by atoms with van der Waals surface area (Å²) in [5, 5.41) is 9.67. The number of esters is 1. The fraction of sp³-hybridized carbons (Fsp3) is 0.167. The van der Waals surface area contributed by atoms with Crippen LogP contribution in [0.15, 0.2) is 66.2 Å². The Balaban J connectivity index is 1.61. The number of thiazole rings is 1. The van der Waals surface area contributed by atoms with E-state index < -0.39 is 0 Å². The van der Waals surface area contributed by atoms with Crippen molar-refractivity contribution in [2.75, 3.05) is 11.9 Å². The van der Waals surface area contributed by atoms with E-state index in [0.29, 0.717) is 28.7 Å². The summed E-state index contributed by atoms with van der Waals surface area (Å²) in [6.45, 7) is 4.09. The lowest BCUT2D eigenvalue weighted by molar-refractivity contribution is -0.142. The van der Waals surface area contributed by atoms with Gasteiger partial charge >= 0.3 is 5.97 Å². The number of hydrogen-bond donors (Lipinski definition) is 1. The molecule has 8 heteroatoms. The van der Waals surface area contributed by atoms with Crippen molar-refractivity contribution in [3.8, 4) is 16.9 Å². The Morgan fingerprint density at radius 3 is 2.56 bits per heavy atom. The Labute approximate surface area is 189 Å². The minimum Gasteiger partial charge on any atom is -0.466 e. The van der Waals surface area contributed by atoms with Crippen molar-refractivity contribution in [1.29, 1.82) is 0 Å². The van der Waals surface area contributed by atoms with Gasteiger partial charge in [-0.3, -0.25) is 14.9 Å². The molecule has 162 valence electrons. The van der Waals surface area contributed by atoms with Gasteiger partial charge in [-0.05, 0) is 26.0 Å². The van der Waals surface area contributed by atoms with Gasteiger partial charge < -0.3 is 4.74 Å². The molecule has 0 bridgehead atoms. The first-order valence-electron chi connectivity index (χ1n) is 10.2. The molecular weight excluding hydrogens is 424 g/mol. The lowest BCUT2D eigenvalue weighted by Gasteiger charge is -2.02. The van der Waals surface area contributed by atoms with E-state index in [-0.39, 0.29) is 18.3 Å². The van der Waals surface area contributed by atoms with Crippen LogP contribution in [0, 0.1) is 6.92 Å². The molecule has 0 spiro atoms. The molecule has 0 unspecified atom stereocenters. The zero-order chi connectivity index (χ0) is 22.5. The van der Waals surface area contributed by atoms with Crippen LogP contribution in [0.25, 0.3) is 16.9 Å². The van der Waals surface area contributed by atoms with Crippen LogP contribution in [-0.2, 0) is 16.0 Å². The van der Waals surface area contributed by atoms with Crippen LogP contribution in [0.1, 0.15) is 28.5 Å². The Bertz CT molecular complexity index is 1230. The predicted molar refractivity (Wildman–Crippen MR) is 124 cm³/mol. The van der Waals surface area contributed by atoms with E-state index in [0.717, 1.165) is 16.8 Å². The molecule has 4 aromatic rings. The molecule has 32 heavy (non-hydrogen) atoms. The second-order valence-electron chi connectivity index (χ2n) is 7.12. The number of benzene rings is 2. The summed E-state index contributed by atoms with van der Waals surface area (Å²) in [6, 6.07) is 17.5. The fourth-order valence-corrected chi connectivity index (χ4v) is 3.85. The van der Waals surface area contributed by atoms with E-state index in [9.17, 15) is 9.59 Å². The molecule has 0 saturated carbocycles. The zero-order valence-corrected chi connectivity index (χ0v) is 18.6. The van der Waals surface area contributed by atoms with Crippen molar-refractivity contribution in [3.63, 3.8) is 0 Å². The molecule has 0 saturated heterocycles. The number of hydrogen-bond acceptors (Lipinski definition) is 6. The monoisotopic (exact) mass is 446 g/mol. The smallest absolute Gasteiger partial charge is 0.311 e. The Kier molecular flexibility index (Phi) is 6.42. The molecule has 0 aliphatic heterocycles. The molecule has 0 radical (unpaired) electrons. The third kappa shape index (κ3) is 4.92. The molecule has 0 atom stereocenters. The van der Waals surface area contributed by atoms with Crippen LogP contribution in [0.2, 0.25) is 0 Å². The maximum atomic E-state index is 13.2. The summed E-state index contributed by atoms with van der Waals surface area (Å²) in [7, 11) is 0. The van der Waals surface area contributed by atoms with Gasteiger partial charge in [-0.2, -0.15) is 5.10 Å². The van der Waals surface area contributed by atoms with Gasteiger partial charge in [-0.1, -0.05) is 48.0 Å². The van der Waals surface area contributed by atoms with Crippen molar-refractivity contribution in [1.82, 2.24) is 14.8 Å². The van der Waals surface area contributed by atoms with E-state index in [1.54, 1.807) is 23.2 Å². The second-order valence-corrected chi connectivity index (χ2v) is 7.98. The zero-order valence-electron chi connectivity index (χ0n) is 17.7. The van der Waals surface area contributed by atoms with Crippen LogP contribution >= 0.6 is 11.3 Å². The first-order chi connectivity index (χ1) is 15.5. The Morgan fingerprint density at radius 2 is 1.84 bits per heavy atom. The van der Waals surface area contributed by atoms with Crippen molar-refractivity contribution in [2.24, 2.45) is 0 Å². The maximum Gasteiger partial charge on any atom is 0.311 e. The Hall–Kier alpha value is -3.78. The van der Waals surface area contributed by atoms with Gasteiger partial charge in [-0.25, -0.2) is 9.67 Å². The third-order valence-corrected chi connectivity index (χ3v) is 5.51. The molecule has 4 rings (SSSR count). The summed E-state index contributed by atoms with van der Waals surface area (Å²) in [6.07, 6.45) is 1.79. The van der Waals surface area contributed by atoms with Crippen molar-refractivity contribution < 1.29 is 14.3 Å². The molecule has 0 fully saturated rings. The average molecular weight is 447 g/mol. The van der Waals surface area contributed by atoms with E-state index >= 15 is 0 Å². The van der Waals surface area contributed by atoms with Gasteiger partial charge in [0.15, 0.2) is 5.13 Å². The minimum atomic E-state index is -0.346. The second kappa shape index (κ2) is 9.57. The molecule has 2 aromatic heterocycles. The highest BCUT2D eigenvalue weighted by atomic mass is 32.1.